The summed E-state index contributed by atoms with van der Waals surface area (Å²) in [4.78, 5) is 22.2. The number of nitrogens with zero attached hydrogens (tertiary/aromatic N) is 2. The van der Waals surface area contributed by atoms with E-state index in [4.69, 9.17) is 9.84 Å². The molecule has 0 fully saturated rings. The normalized spacial score (nSPS) is 10.7. The fraction of sp³-hybridized carbons (Fsp3) is 0.0714. The van der Waals surface area contributed by atoms with E-state index in [0.717, 1.165) is 15.6 Å². The molecule has 0 aliphatic carbocycles. The molecule has 6 nitrogen and oxygen atoms in total. The number of carbonyl (C=O) groups is 1. The summed E-state index contributed by atoms with van der Waals surface area (Å²) < 4.78 is 5.96. The number of fused-ring (bicyclic) bond motifs is 1. The van der Waals surface area contributed by atoms with E-state index < -0.39 is 5.97 Å². The van der Waals surface area contributed by atoms with Gasteiger partial charge < -0.3 is 14.8 Å². The van der Waals surface area contributed by atoms with Crippen molar-refractivity contribution in [2.24, 2.45) is 0 Å². The van der Waals surface area contributed by atoms with Crippen molar-refractivity contribution in [1.82, 2.24) is 15.0 Å². The molecule has 0 amide bonds. The zero-order chi connectivity index (χ0) is 14.8. The average molecular weight is 348 g/mol. The third-order valence-corrected chi connectivity index (χ3v) is 3.23. The summed E-state index contributed by atoms with van der Waals surface area (Å²) in [6.07, 6.45) is 1.69. The minimum Gasteiger partial charge on any atom is -0.482 e. The van der Waals surface area contributed by atoms with E-state index in [-0.39, 0.29) is 6.61 Å². The summed E-state index contributed by atoms with van der Waals surface area (Å²) in [5, 5.41) is 8.56. The van der Waals surface area contributed by atoms with Crippen LogP contribution in [0.1, 0.15) is 0 Å². The number of rotatable bonds is 4. The number of halogens is 1. The van der Waals surface area contributed by atoms with Crippen LogP contribution in [0.3, 0.4) is 0 Å². The van der Waals surface area contributed by atoms with E-state index in [1.54, 1.807) is 18.3 Å². The van der Waals surface area contributed by atoms with E-state index in [0.29, 0.717) is 17.2 Å². The molecule has 2 aromatic heterocycles. The lowest BCUT2D eigenvalue weighted by atomic mass is 10.2. The summed E-state index contributed by atoms with van der Waals surface area (Å²) in [7, 11) is 0. The maximum atomic E-state index is 10.4. The third-order valence-electron chi connectivity index (χ3n) is 2.79. The number of imidazole rings is 1. The van der Waals surface area contributed by atoms with Gasteiger partial charge in [-0.1, -0.05) is 0 Å². The van der Waals surface area contributed by atoms with Crippen molar-refractivity contribution in [1.29, 1.82) is 0 Å². The SMILES string of the molecule is O=C(O)COc1ccc(-c2nc3ncc(Br)cc3[nH]2)cc1. The topological polar surface area (TPSA) is 88.1 Å². The highest BCUT2D eigenvalue weighted by Gasteiger charge is 2.07. The Morgan fingerprint density at radius 3 is 2.81 bits per heavy atom. The minimum atomic E-state index is -1.01. The van der Waals surface area contributed by atoms with Crippen LogP contribution in [0, 0.1) is 0 Å². The first-order valence-corrected chi connectivity index (χ1v) is 6.87. The van der Waals surface area contributed by atoms with Crippen LogP contribution in [0.5, 0.6) is 5.75 Å². The van der Waals surface area contributed by atoms with Crippen molar-refractivity contribution in [3.05, 3.63) is 41.0 Å². The Morgan fingerprint density at radius 2 is 2.10 bits per heavy atom. The number of hydrogen-bond acceptors (Lipinski definition) is 4. The second-order valence-electron chi connectivity index (χ2n) is 4.32. The van der Waals surface area contributed by atoms with Gasteiger partial charge in [0.05, 0.1) is 5.52 Å². The van der Waals surface area contributed by atoms with Gasteiger partial charge in [0.2, 0.25) is 0 Å². The Labute approximate surface area is 127 Å². The maximum Gasteiger partial charge on any atom is 0.341 e. The van der Waals surface area contributed by atoms with Gasteiger partial charge in [-0.2, -0.15) is 0 Å². The second-order valence-corrected chi connectivity index (χ2v) is 5.23. The first-order valence-electron chi connectivity index (χ1n) is 6.08. The molecule has 0 bridgehead atoms. The molecule has 0 radical (unpaired) electrons. The number of benzene rings is 1. The lowest BCUT2D eigenvalue weighted by molar-refractivity contribution is -0.139. The van der Waals surface area contributed by atoms with Crippen LogP contribution in [-0.4, -0.2) is 32.6 Å². The summed E-state index contributed by atoms with van der Waals surface area (Å²) in [5.74, 6) is 0.187. The van der Waals surface area contributed by atoms with Gasteiger partial charge in [-0.05, 0) is 46.3 Å². The smallest absolute Gasteiger partial charge is 0.341 e. The van der Waals surface area contributed by atoms with Crippen molar-refractivity contribution in [3.63, 3.8) is 0 Å². The molecule has 106 valence electrons. The molecule has 3 rings (SSSR count). The van der Waals surface area contributed by atoms with Gasteiger partial charge in [0.1, 0.15) is 11.6 Å². The van der Waals surface area contributed by atoms with Crippen LogP contribution in [0.25, 0.3) is 22.6 Å². The van der Waals surface area contributed by atoms with Crippen molar-refractivity contribution in [3.8, 4) is 17.1 Å². The number of aromatic nitrogens is 3. The van der Waals surface area contributed by atoms with Gasteiger partial charge in [-0.25, -0.2) is 14.8 Å². The molecule has 0 unspecified atom stereocenters. The molecule has 0 atom stereocenters. The number of aliphatic carboxylic acids is 1. The van der Waals surface area contributed by atoms with Crippen molar-refractivity contribution in [2.75, 3.05) is 6.61 Å². The molecule has 0 saturated heterocycles. The highest BCUT2D eigenvalue weighted by atomic mass is 79.9. The van der Waals surface area contributed by atoms with E-state index in [2.05, 4.69) is 30.9 Å². The predicted octanol–water partition coefficient (Wildman–Crippen LogP) is 2.85. The molecular weight excluding hydrogens is 338 g/mol. The van der Waals surface area contributed by atoms with E-state index in [1.807, 2.05) is 18.2 Å². The number of hydrogen-bond donors (Lipinski definition) is 2. The predicted molar refractivity (Wildman–Crippen MR) is 80.2 cm³/mol. The molecule has 7 heteroatoms. The molecule has 1 aromatic carbocycles. The summed E-state index contributed by atoms with van der Waals surface area (Å²) in [5.41, 5.74) is 2.34. The van der Waals surface area contributed by atoms with Crippen LogP contribution < -0.4 is 4.74 Å². The number of nitrogens with one attached hydrogen (secondary N) is 1. The third kappa shape index (κ3) is 3.03. The standard InChI is InChI=1S/C14H10BrN3O3/c15-9-5-11-14(16-6-9)18-13(17-11)8-1-3-10(4-2-8)21-7-12(19)20/h1-6H,7H2,(H,19,20)(H,16,17,18). The lowest BCUT2D eigenvalue weighted by Crippen LogP contribution is -2.09. The van der Waals surface area contributed by atoms with Gasteiger partial charge in [-0.15, -0.1) is 0 Å². The second kappa shape index (κ2) is 5.53. The average Bonchev–Trinajstić information content (AvgIpc) is 2.88. The van der Waals surface area contributed by atoms with Gasteiger partial charge in [-0.3, -0.25) is 0 Å². The first kappa shape index (κ1) is 13.6. The monoisotopic (exact) mass is 347 g/mol. The zero-order valence-electron chi connectivity index (χ0n) is 10.7. The highest BCUT2D eigenvalue weighted by Crippen LogP contribution is 2.23. The largest absolute Gasteiger partial charge is 0.482 e. The van der Waals surface area contributed by atoms with Gasteiger partial charge in [0, 0.05) is 16.2 Å². The minimum absolute atomic E-state index is 0.359. The zero-order valence-corrected chi connectivity index (χ0v) is 12.3. The van der Waals surface area contributed by atoms with Crippen molar-refractivity contribution < 1.29 is 14.6 Å². The van der Waals surface area contributed by atoms with Crippen LogP contribution in [0.4, 0.5) is 0 Å². The fourth-order valence-electron chi connectivity index (χ4n) is 1.87. The number of carboxylic acid groups (broad SMARTS) is 1. The summed E-state index contributed by atoms with van der Waals surface area (Å²) >= 11 is 3.36. The van der Waals surface area contributed by atoms with Crippen LogP contribution in [0.2, 0.25) is 0 Å². The molecule has 0 saturated carbocycles. The molecular formula is C14H10BrN3O3. The van der Waals surface area contributed by atoms with Gasteiger partial charge in [0.15, 0.2) is 12.3 Å². The van der Waals surface area contributed by atoms with E-state index >= 15 is 0 Å². The number of ether oxygens (including phenoxy) is 1. The van der Waals surface area contributed by atoms with Crippen molar-refractivity contribution in [2.45, 2.75) is 0 Å². The number of pyridine rings is 1. The molecule has 2 heterocycles. The van der Waals surface area contributed by atoms with E-state index in [1.165, 1.54) is 0 Å². The van der Waals surface area contributed by atoms with Crippen LogP contribution >= 0.6 is 15.9 Å². The summed E-state index contributed by atoms with van der Waals surface area (Å²) in [6.45, 7) is -0.359. The van der Waals surface area contributed by atoms with Gasteiger partial charge >= 0.3 is 5.97 Å². The Hall–Kier alpha value is -2.41. The number of H-pyrrole nitrogens is 1. The fourth-order valence-corrected chi connectivity index (χ4v) is 2.20. The molecule has 0 spiro atoms. The lowest BCUT2D eigenvalue weighted by Gasteiger charge is -2.03. The van der Waals surface area contributed by atoms with Crippen LogP contribution in [-0.2, 0) is 4.79 Å². The van der Waals surface area contributed by atoms with Crippen molar-refractivity contribution >= 4 is 33.1 Å². The van der Waals surface area contributed by atoms with E-state index in [9.17, 15) is 4.79 Å². The Morgan fingerprint density at radius 1 is 1.33 bits per heavy atom. The first-order chi connectivity index (χ1) is 10.1. The number of aromatic amines is 1. The quantitative estimate of drug-likeness (QED) is 0.757. The Kier molecular flexibility index (Phi) is 3.57. The molecule has 0 aliphatic rings. The molecule has 0 aliphatic heterocycles. The summed E-state index contributed by atoms with van der Waals surface area (Å²) in [6, 6.07) is 8.93. The van der Waals surface area contributed by atoms with Crippen LogP contribution in [0.15, 0.2) is 41.0 Å². The Balaban J connectivity index is 1.86. The highest BCUT2D eigenvalue weighted by molar-refractivity contribution is 9.10. The number of carboxylic acids is 1. The van der Waals surface area contributed by atoms with Gasteiger partial charge in [0.25, 0.3) is 0 Å². The Bertz CT molecular complexity index is 799. The molecule has 3 aromatic rings. The molecule has 21 heavy (non-hydrogen) atoms. The molecule has 2 N–H and O–H groups in total. The maximum absolute atomic E-state index is 10.4.